The van der Waals surface area contributed by atoms with Gasteiger partial charge in [0.15, 0.2) is 0 Å². The summed E-state index contributed by atoms with van der Waals surface area (Å²) in [5.41, 5.74) is 1.97. The highest BCUT2D eigenvalue weighted by Crippen LogP contribution is 2.24. The van der Waals surface area contributed by atoms with E-state index in [1.165, 1.54) is 0 Å². The van der Waals surface area contributed by atoms with Crippen LogP contribution < -0.4 is 5.32 Å². The van der Waals surface area contributed by atoms with Crippen LogP contribution >= 0.6 is 31.9 Å². The predicted molar refractivity (Wildman–Crippen MR) is 88.0 cm³/mol. The van der Waals surface area contributed by atoms with Crippen LogP contribution in [0.5, 0.6) is 0 Å². The van der Waals surface area contributed by atoms with E-state index in [4.69, 9.17) is 0 Å². The van der Waals surface area contributed by atoms with Gasteiger partial charge in [0.05, 0.1) is 0 Å². The Kier molecular flexibility index (Phi) is 6.06. The molecule has 1 unspecified atom stereocenters. The van der Waals surface area contributed by atoms with Crippen molar-refractivity contribution in [2.75, 3.05) is 6.54 Å². The third-order valence-corrected chi connectivity index (χ3v) is 3.89. The second-order valence-electron chi connectivity index (χ2n) is 6.03. The molecule has 0 aliphatic rings. The molecule has 0 saturated carbocycles. The van der Waals surface area contributed by atoms with Crippen LogP contribution in [0.4, 0.5) is 0 Å². The number of carbonyl (C=O) groups is 1. The van der Waals surface area contributed by atoms with Gasteiger partial charge in [-0.2, -0.15) is 0 Å². The van der Waals surface area contributed by atoms with Crippen molar-refractivity contribution in [2.45, 2.75) is 38.9 Å². The average Bonchev–Trinajstić information content (AvgIpc) is 2.23. The summed E-state index contributed by atoms with van der Waals surface area (Å²) in [5, 5.41) is 2.98. The van der Waals surface area contributed by atoms with Crippen LogP contribution in [0.2, 0.25) is 0 Å². The van der Waals surface area contributed by atoms with Crippen molar-refractivity contribution in [2.24, 2.45) is 5.41 Å². The number of aryl methyl sites for hydroxylation is 1. The maximum absolute atomic E-state index is 12.1. The number of nitrogens with one attached hydrogen (secondary N) is 1. The molecule has 1 atom stereocenters. The highest BCUT2D eigenvalue weighted by molar-refractivity contribution is 9.10. The maximum Gasteiger partial charge on any atom is 0.251 e. The Morgan fingerprint density at radius 3 is 2.53 bits per heavy atom. The lowest BCUT2D eigenvalue weighted by atomic mass is 9.90. The standard InChI is InChI=1S/C15H21Br2NO/c1-10-7-11(16)5-6-13(10)14(19)18-9-12(17)8-15(2,3)4/h5-7,12H,8-9H2,1-4H3,(H,18,19). The summed E-state index contributed by atoms with van der Waals surface area (Å²) in [5.74, 6) is -0.0108. The van der Waals surface area contributed by atoms with Crippen LogP contribution in [0.15, 0.2) is 22.7 Å². The maximum atomic E-state index is 12.1. The van der Waals surface area contributed by atoms with E-state index in [-0.39, 0.29) is 11.3 Å². The summed E-state index contributed by atoms with van der Waals surface area (Å²) >= 11 is 7.02. The van der Waals surface area contributed by atoms with Gasteiger partial charge in [-0.25, -0.2) is 0 Å². The topological polar surface area (TPSA) is 29.1 Å². The highest BCUT2D eigenvalue weighted by Gasteiger charge is 2.17. The number of rotatable bonds is 4. The number of alkyl halides is 1. The van der Waals surface area contributed by atoms with Crippen molar-refractivity contribution in [3.05, 3.63) is 33.8 Å². The third-order valence-electron chi connectivity index (χ3n) is 2.75. The number of hydrogen-bond donors (Lipinski definition) is 1. The second-order valence-corrected chi connectivity index (χ2v) is 8.24. The minimum Gasteiger partial charge on any atom is -0.351 e. The Labute approximate surface area is 132 Å². The molecule has 0 heterocycles. The fraction of sp³-hybridized carbons (Fsp3) is 0.533. The minimum atomic E-state index is -0.0108. The van der Waals surface area contributed by atoms with E-state index in [0.29, 0.717) is 11.4 Å². The fourth-order valence-corrected chi connectivity index (χ4v) is 3.53. The largest absolute Gasteiger partial charge is 0.351 e. The van der Waals surface area contributed by atoms with E-state index in [1.54, 1.807) is 0 Å². The van der Waals surface area contributed by atoms with Gasteiger partial charge in [-0.05, 0) is 42.5 Å². The first-order valence-corrected chi connectivity index (χ1v) is 8.08. The minimum absolute atomic E-state index is 0.0108. The Morgan fingerprint density at radius 2 is 2.00 bits per heavy atom. The van der Waals surface area contributed by atoms with Crippen LogP contribution in [0.1, 0.15) is 43.1 Å². The van der Waals surface area contributed by atoms with Gasteiger partial charge in [0.2, 0.25) is 0 Å². The molecule has 0 saturated heterocycles. The summed E-state index contributed by atoms with van der Waals surface area (Å²) in [6, 6.07) is 5.69. The Balaban J connectivity index is 2.56. The lowest BCUT2D eigenvalue weighted by Crippen LogP contribution is -2.31. The molecule has 1 amide bonds. The Morgan fingerprint density at radius 1 is 1.37 bits per heavy atom. The molecular formula is C15H21Br2NO. The molecule has 1 rings (SSSR count). The van der Waals surface area contributed by atoms with E-state index < -0.39 is 0 Å². The number of halogens is 2. The van der Waals surface area contributed by atoms with Gasteiger partial charge in [-0.3, -0.25) is 4.79 Å². The van der Waals surface area contributed by atoms with Crippen LogP contribution in [-0.4, -0.2) is 17.3 Å². The van der Waals surface area contributed by atoms with Crippen molar-refractivity contribution in [1.29, 1.82) is 0 Å². The van der Waals surface area contributed by atoms with Crippen LogP contribution in [0.25, 0.3) is 0 Å². The molecule has 106 valence electrons. The van der Waals surface area contributed by atoms with E-state index in [0.717, 1.165) is 22.0 Å². The molecule has 4 heteroatoms. The average molecular weight is 391 g/mol. The lowest BCUT2D eigenvalue weighted by molar-refractivity contribution is 0.0952. The quantitative estimate of drug-likeness (QED) is 0.742. The van der Waals surface area contributed by atoms with Crippen LogP contribution in [-0.2, 0) is 0 Å². The van der Waals surface area contributed by atoms with E-state index >= 15 is 0 Å². The van der Waals surface area contributed by atoms with Gasteiger partial charge in [0, 0.05) is 21.4 Å². The van der Waals surface area contributed by atoms with Gasteiger partial charge >= 0.3 is 0 Å². The monoisotopic (exact) mass is 389 g/mol. The molecule has 0 aliphatic carbocycles. The predicted octanol–water partition coefficient (Wildman–Crippen LogP) is 4.69. The lowest BCUT2D eigenvalue weighted by Gasteiger charge is -2.22. The van der Waals surface area contributed by atoms with Crippen molar-refractivity contribution in [3.8, 4) is 0 Å². The Bertz CT molecular complexity index is 452. The van der Waals surface area contributed by atoms with E-state index in [1.807, 2.05) is 25.1 Å². The molecule has 0 fully saturated rings. The summed E-state index contributed by atoms with van der Waals surface area (Å²) in [4.78, 5) is 12.4. The number of amides is 1. The first-order valence-electron chi connectivity index (χ1n) is 6.37. The molecule has 0 aromatic heterocycles. The molecule has 0 bridgehead atoms. The summed E-state index contributed by atoms with van der Waals surface area (Å²) in [6.45, 7) is 9.18. The molecule has 1 aromatic rings. The molecule has 1 N–H and O–H groups in total. The van der Waals surface area contributed by atoms with Gasteiger partial charge in [-0.1, -0.05) is 52.6 Å². The summed E-state index contributed by atoms with van der Waals surface area (Å²) in [6.07, 6.45) is 1.02. The van der Waals surface area contributed by atoms with Crippen LogP contribution in [0.3, 0.4) is 0 Å². The zero-order valence-corrected chi connectivity index (χ0v) is 15.1. The van der Waals surface area contributed by atoms with Gasteiger partial charge in [0.1, 0.15) is 0 Å². The van der Waals surface area contributed by atoms with E-state index in [2.05, 4.69) is 57.9 Å². The highest BCUT2D eigenvalue weighted by atomic mass is 79.9. The van der Waals surface area contributed by atoms with Crippen molar-refractivity contribution in [3.63, 3.8) is 0 Å². The first kappa shape index (κ1) is 16.7. The molecule has 19 heavy (non-hydrogen) atoms. The Hall–Kier alpha value is -0.350. The van der Waals surface area contributed by atoms with Crippen LogP contribution in [0, 0.1) is 12.3 Å². The van der Waals surface area contributed by atoms with Gasteiger partial charge < -0.3 is 5.32 Å². The SMILES string of the molecule is Cc1cc(Br)ccc1C(=O)NCC(Br)CC(C)(C)C. The molecule has 0 aliphatic heterocycles. The number of benzene rings is 1. The zero-order chi connectivity index (χ0) is 14.6. The van der Waals surface area contributed by atoms with Gasteiger partial charge in [0.25, 0.3) is 5.91 Å². The number of carbonyl (C=O) groups excluding carboxylic acids is 1. The van der Waals surface area contributed by atoms with Crippen molar-refractivity contribution in [1.82, 2.24) is 5.32 Å². The van der Waals surface area contributed by atoms with Gasteiger partial charge in [-0.15, -0.1) is 0 Å². The normalized spacial score (nSPS) is 13.2. The van der Waals surface area contributed by atoms with Crippen molar-refractivity contribution >= 4 is 37.8 Å². The number of hydrogen-bond acceptors (Lipinski definition) is 1. The second kappa shape index (κ2) is 6.89. The first-order chi connectivity index (χ1) is 8.69. The van der Waals surface area contributed by atoms with E-state index in [9.17, 15) is 4.79 Å². The molecule has 1 aromatic carbocycles. The molecular weight excluding hydrogens is 370 g/mol. The van der Waals surface area contributed by atoms with Crippen molar-refractivity contribution < 1.29 is 4.79 Å². The fourth-order valence-electron chi connectivity index (χ4n) is 1.92. The molecule has 2 nitrogen and oxygen atoms in total. The molecule has 0 spiro atoms. The third kappa shape index (κ3) is 6.09. The zero-order valence-electron chi connectivity index (χ0n) is 11.9. The summed E-state index contributed by atoms with van der Waals surface area (Å²) in [7, 11) is 0. The summed E-state index contributed by atoms with van der Waals surface area (Å²) < 4.78 is 0.993. The molecule has 0 radical (unpaired) electrons. The smallest absolute Gasteiger partial charge is 0.251 e.